The fourth-order valence-electron chi connectivity index (χ4n) is 1.96. The lowest BCUT2D eigenvalue weighted by atomic mass is 10.2. The van der Waals surface area contributed by atoms with Gasteiger partial charge in [-0.1, -0.05) is 23.2 Å². The second kappa shape index (κ2) is 6.78. The van der Waals surface area contributed by atoms with E-state index in [2.05, 4.69) is 0 Å². The number of hydrogen-bond acceptors (Lipinski definition) is 3. The highest BCUT2D eigenvalue weighted by atomic mass is 35.5. The Balaban J connectivity index is 2.55. The molecule has 1 N–H and O–H groups in total. The van der Waals surface area contributed by atoms with Gasteiger partial charge in [0.1, 0.15) is 6.54 Å². The van der Waals surface area contributed by atoms with Crippen LogP contribution in [0.2, 0.25) is 10.0 Å². The molecule has 5 nitrogen and oxygen atoms in total. The monoisotopic (exact) mass is 373 g/mol. The van der Waals surface area contributed by atoms with Crippen LogP contribution in [0.5, 0.6) is 0 Å². The molecule has 0 unspecified atom stereocenters. The van der Waals surface area contributed by atoms with Crippen molar-refractivity contribution in [2.45, 2.75) is 11.8 Å². The molecule has 0 aliphatic carbocycles. The van der Waals surface area contributed by atoms with Crippen LogP contribution in [0.1, 0.15) is 5.56 Å². The molecule has 2 aromatic carbocycles. The van der Waals surface area contributed by atoms with Crippen molar-refractivity contribution in [1.82, 2.24) is 0 Å². The number of nitrogens with zero attached hydrogens (tertiary/aromatic N) is 1. The molecule has 0 bridgehead atoms. The minimum Gasteiger partial charge on any atom is -0.480 e. The first-order valence-electron chi connectivity index (χ1n) is 6.48. The second-order valence-corrected chi connectivity index (χ2v) is 7.50. The van der Waals surface area contributed by atoms with Gasteiger partial charge in [0.05, 0.1) is 10.6 Å². The minimum absolute atomic E-state index is 0.0456. The van der Waals surface area contributed by atoms with Crippen LogP contribution in [0.15, 0.2) is 47.4 Å². The predicted octanol–water partition coefficient (Wildman–Crippen LogP) is 3.58. The molecule has 2 rings (SSSR count). The number of aryl methyl sites for hydroxylation is 1. The molecular formula is C15H13Cl2NO4S. The lowest BCUT2D eigenvalue weighted by molar-refractivity contribution is -0.135. The molecule has 0 fully saturated rings. The van der Waals surface area contributed by atoms with Crippen LogP contribution in [-0.4, -0.2) is 26.0 Å². The summed E-state index contributed by atoms with van der Waals surface area (Å²) in [4.78, 5) is 11.1. The summed E-state index contributed by atoms with van der Waals surface area (Å²) in [5, 5.41) is 9.92. The van der Waals surface area contributed by atoms with E-state index in [4.69, 9.17) is 28.3 Å². The van der Waals surface area contributed by atoms with Crippen molar-refractivity contribution >= 4 is 44.9 Å². The standard InChI is InChI=1S/C15H13Cl2NO4S/c1-10-8-12(4-7-14(10)17)18(9-15(19)20)23(21,22)13-5-2-11(16)3-6-13/h2-8H,9H2,1H3,(H,19,20). The van der Waals surface area contributed by atoms with Crippen molar-refractivity contribution in [2.24, 2.45) is 0 Å². The molecule has 0 aliphatic rings. The number of carbonyl (C=O) groups is 1. The van der Waals surface area contributed by atoms with Crippen LogP contribution in [-0.2, 0) is 14.8 Å². The third-order valence-electron chi connectivity index (χ3n) is 3.11. The molecule has 23 heavy (non-hydrogen) atoms. The van der Waals surface area contributed by atoms with Gasteiger partial charge in [-0.25, -0.2) is 8.42 Å². The normalized spacial score (nSPS) is 11.3. The lowest BCUT2D eigenvalue weighted by Gasteiger charge is -2.23. The Morgan fingerprint density at radius 1 is 1.13 bits per heavy atom. The molecule has 0 atom stereocenters. The van der Waals surface area contributed by atoms with Gasteiger partial charge in [0.15, 0.2) is 0 Å². The average molecular weight is 374 g/mol. The van der Waals surface area contributed by atoms with Crippen LogP contribution in [0.25, 0.3) is 0 Å². The van der Waals surface area contributed by atoms with E-state index >= 15 is 0 Å². The van der Waals surface area contributed by atoms with Crippen molar-refractivity contribution in [3.63, 3.8) is 0 Å². The van der Waals surface area contributed by atoms with Crippen LogP contribution in [0.3, 0.4) is 0 Å². The molecule has 0 aromatic heterocycles. The molecule has 8 heteroatoms. The maximum Gasteiger partial charge on any atom is 0.324 e. The summed E-state index contributed by atoms with van der Waals surface area (Å²) in [6, 6.07) is 10.0. The molecule has 0 amide bonds. The zero-order valence-electron chi connectivity index (χ0n) is 12.0. The van der Waals surface area contributed by atoms with Crippen molar-refractivity contribution in [3.05, 3.63) is 58.1 Å². The maximum atomic E-state index is 12.8. The van der Waals surface area contributed by atoms with Gasteiger partial charge in [0.25, 0.3) is 10.0 Å². The number of aliphatic carboxylic acids is 1. The summed E-state index contributed by atoms with van der Waals surface area (Å²) >= 11 is 11.7. The lowest BCUT2D eigenvalue weighted by Crippen LogP contribution is -2.35. The fraction of sp³-hybridized carbons (Fsp3) is 0.133. The zero-order chi connectivity index (χ0) is 17.2. The Bertz CT molecular complexity index is 835. The number of carboxylic acids is 1. The molecule has 2 aromatic rings. The Kier molecular flexibility index (Phi) is 5.19. The molecule has 0 radical (unpaired) electrons. The third kappa shape index (κ3) is 3.96. The largest absolute Gasteiger partial charge is 0.480 e. The van der Waals surface area contributed by atoms with Gasteiger partial charge in [0, 0.05) is 10.0 Å². The van der Waals surface area contributed by atoms with E-state index < -0.39 is 22.5 Å². The van der Waals surface area contributed by atoms with E-state index in [0.29, 0.717) is 15.6 Å². The predicted molar refractivity (Wildman–Crippen MR) is 89.8 cm³/mol. The third-order valence-corrected chi connectivity index (χ3v) is 5.57. The number of sulfonamides is 1. The first kappa shape index (κ1) is 17.6. The first-order valence-corrected chi connectivity index (χ1v) is 8.67. The van der Waals surface area contributed by atoms with Gasteiger partial charge in [-0.15, -0.1) is 0 Å². The highest BCUT2D eigenvalue weighted by Crippen LogP contribution is 2.28. The van der Waals surface area contributed by atoms with E-state index in [1.165, 1.54) is 42.5 Å². The van der Waals surface area contributed by atoms with Crippen LogP contribution < -0.4 is 4.31 Å². The molecule has 0 spiro atoms. The van der Waals surface area contributed by atoms with E-state index in [0.717, 1.165) is 4.31 Å². The summed E-state index contributed by atoms with van der Waals surface area (Å²) < 4.78 is 26.3. The quantitative estimate of drug-likeness (QED) is 0.868. The van der Waals surface area contributed by atoms with E-state index in [9.17, 15) is 13.2 Å². The number of hydrogen-bond donors (Lipinski definition) is 1. The number of carboxylic acid groups (broad SMARTS) is 1. The molecule has 0 heterocycles. The molecule has 0 saturated carbocycles. The number of rotatable bonds is 5. The summed E-state index contributed by atoms with van der Waals surface area (Å²) in [6.45, 7) is 1.01. The Morgan fingerprint density at radius 2 is 1.74 bits per heavy atom. The number of benzene rings is 2. The summed E-state index contributed by atoms with van der Waals surface area (Å²) in [6.07, 6.45) is 0. The van der Waals surface area contributed by atoms with Gasteiger partial charge in [-0.2, -0.15) is 0 Å². The second-order valence-electron chi connectivity index (χ2n) is 4.79. The smallest absolute Gasteiger partial charge is 0.324 e. The SMILES string of the molecule is Cc1cc(N(CC(=O)O)S(=O)(=O)c2ccc(Cl)cc2)ccc1Cl. The Morgan fingerprint density at radius 3 is 2.26 bits per heavy atom. The maximum absolute atomic E-state index is 12.8. The van der Waals surface area contributed by atoms with Gasteiger partial charge >= 0.3 is 5.97 Å². The summed E-state index contributed by atoms with van der Waals surface area (Å²) in [7, 11) is -4.04. The van der Waals surface area contributed by atoms with Crippen molar-refractivity contribution in [3.8, 4) is 0 Å². The van der Waals surface area contributed by atoms with Gasteiger partial charge in [-0.05, 0) is 55.0 Å². The van der Waals surface area contributed by atoms with Gasteiger partial charge in [0.2, 0.25) is 0 Å². The van der Waals surface area contributed by atoms with Crippen LogP contribution >= 0.6 is 23.2 Å². The molecule has 122 valence electrons. The fourth-order valence-corrected chi connectivity index (χ4v) is 3.61. The van der Waals surface area contributed by atoms with Crippen LogP contribution in [0, 0.1) is 6.92 Å². The van der Waals surface area contributed by atoms with E-state index in [-0.39, 0.29) is 10.6 Å². The van der Waals surface area contributed by atoms with Crippen molar-refractivity contribution < 1.29 is 18.3 Å². The average Bonchev–Trinajstić information content (AvgIpc) is 2.48. The van der Waals surface area contributed by atoms with E-state index in [1.807, 2.05) is 0 Å². The minimum atomic E-state index is -4.04. The van der Waals surface area contributed by atoms with Crippen LogP contribution in [0.4, 0.5) is 5.69 Å². The van der Waals surface area contributed by atoms with Crippen molar-refractivity contribution in [2.75, 3.05) is 10.8 Å². The number of halogens is 2. The summed E-state index contributed by atoms with van der Waals surface area (Å²) in [5.41, 5.74) is 0.870. The first-order chi connectivity index (χ1) is 10.7. The van der Waals surface area contributed by atoms with Gasteiger partial charge in [-0.3, -0.25) is 9.10 Å². The Labute approximate surface area is 144 Å². The number of anilines is 1. The molecule has 0 saturated heterocycles. The molecular weight excluding hydrogens is 361 g/mol. The highest BCUT2D eigenvalue weighted by Gasteiger charge is 2.27. The van der Waals surface area contributed by atoms with Crippen molar-refractivity contribution in [1.29, 1.82) is 0 Å². The topological polar surface area (TPSA) is 74.7 Å². The highest BCUT2D eigenvalue weighted by molar-refractivity contribution is 7.92. The zero-order valence-corrected chi connectivity index (χ0v) is 14.4. The van der Waals surface area contributed by atoms with Gasteiger partial charge < -0.3 is 5.11 Å². The molecule has 0 aliphatic heterocycles. The summed E-state index contributed by atoms with van der Waals surface area (Å²) in [5.74, 6) is -1.27. The van der Waals surface area contributed by atoms with E-state index in [1.54, 1.807) is 6.92 Å². The Hall–Kier alpha value is -1.76.